The van der Waals surface area contributed by atoms with Gasteiger partial charge in [0.25, 0.3) is 0 Å². The minimum atomic E-state index is -0.712. The van der Waals surface area contributed by atoms with Crippen molar-refractivity contribution in [3.63, 3.8) is 0 Å². The number of hydrogen-bond acceptors (Lipinski definition) is 4. The summed E-state index contributed by atoms with van der Waals surface area (Å²) in [6.45, 7) is 6.05. The maximum atomic E-state index is 13.4. The van der Waals surface area contributed by atoms with E-state index in [-0.39, 0.29) is 18.4 Å². The van der Waals surface area contributed by atoms with Gasteiger partial charge in [0.2, 0.25) is 5.91 Å². The second-order valence-corrected chi connectivity index (χ2v) is 12.2. The van der Waals surface area contributed by atoms with Crippen molar-refractivity contribution in [3.8, 4) is 0 Å². The van der Waals surface area contributed by atoms with E-state index in [1.165, 1.54) is 89.9 Å². The Morgan fingerprint density at radius 1 is 0.600 bits per heavy atom. The molecule has 0 rings (SSSR count). The molecule has 6 nitrogen and oxygen atoms in total. The second kappa shape index (κ2) is 29.4. The zero-order valence-corrected chi connectivity index (χ0v) is 27.2. The van der Waals surface area contributed by atoms with Crippen molar-refractivity contribution in [2.75, 3.05) is 27.2 Å². The van der Waals surface area contributed by atoms with Crippen molar-refractivity contribution < 1.29 is 19.5 Å². The second-order valence-electron chi connectivity index (χ2n) is 12.2. The van der Waals surface area contributed by atoms with Gasteiger partial charge in [-0.1, -0.05) is 129 Å². The number of hydroxylamine groups is 2. The molecular formula is C34H68N2O4. The highest BCUT2D eigenvalue weighted by Gasteiger charge is 2.24. The van der Waals surface area contributed by atoms with Gasteiger partial charge in [-0.2, -0.15) is 0 Å². The summed E-state index contributed by atoms with van der Waals surface area (Å²) in [6.07, 6.45) is 27.6. The largest absolute Gasteiger partial charge is 0.481 e. The fourth-order valence-electron chi connectivity index (χ4n) is 5.34. The Labute approximate surface area is 248 Å². The minimum Gasteiger partial charge on any atom is -0.481 e. The summed E-state index contributed by atoms with van der Waals surface area (Å²) in [5, 5.41) is 10.7. The van der Waals surface area contributed by atoms with Crippen molar-refractivity contribution in [1.82, 2.24) is 9.96 Å². The first kappa shape index (κ1) is 38.9. The highest BCUT2D eigenvalue weighted by atomic mass is 16.7. The van der Waals surface area contributed by atoms with Crippen molar-refractivity contribution >= 4 is 11.9 Å². The van der Waals surface area contributed by atoms with E-state index in [4.69, 9.17) is 9.94 Å². The van der Waals surface area contributed by atoms with E-state index < -0.39 is 5.97 Å². The first-order valence-corrected chi connectivity index (χ1v) is 17.2. The number of amides is 1. The summed E-state index contributed by atoms with van der Waals surface area (Å²) in [6, 6.07) is 0.125. The van der Waals surface area contributed by atoms with Gasteiger partial charge in [-0.15, -0.1) is 0 Å². The number of hydrogen-bond donors (Lipinski definition) is 1. The topological polar surface area (TPSA) is 70.1 Å². The maximum absolute atomic E-state index is 13.4. The van der Waals surface area contributed by atoms with Crippen LogP contribution >= 0.6 is 0 Å². The molecular weight excluding hydrogens is 500 g/mol. The van der Waals surface area contributed by atoms with Crippen molar-refractivity contribution in [1.29, 1.82) is 0 Å². The van der Waals surface area contributed by atoms with Gasteiger partial charge in [-0.25, -0.2) is 5.06 Å². The molecule has 40 heavy (non-hydrogen) atoms. The normalized spacial score (nSPS) is 12.2. The lowest BCUT2D eigenvalue weighted by molar-refractivity contribution is -0.203. The van der Waals surface area contributed by atoms with Gasteiger partial charge in [0.05, 0.1) is 12.6 Å². The van der Waals surface area contributed by atoms with Gasteiger partial charge in [0, 0.05) is 12.8 Å². The Morgan fingerprint density at radius 2 is 1.05 bits per heavy atom. The van der Waals surface area contributed by atoms with Crippen molar-refractivity contribution in [2.24, 2.45) is 0 Å². The SMILES string of the molecule is CCCCCCCCCCON(C(=O)CCCN(C)C)C(CCCCCCCCCC)CCCCCCC(=O)O. The number of carbonyl (C=O) groups excluding carboxylic acids is 1. The predicted octanol–water partition coefficient (Wildman–Crippen LogP) is 9.55. The molecule has 0 saturated carbocycles. The summed E-state index contributed by atoms with van der Waals surface area (Å²) in [7, 11) is 4.10. The molecule has 0 aliphatic carbocycles. The van der Waals surface area contributed by atoms with E-state index >= 15 is 0 Å². The third-order valence-corrected chi connectivity index (χ3v) is 7.87. The molecule has 0 heterocycles. The maximum Gasteiger partial charge on any atom is 0.303 e. The first-order chi connectivity index (χ1) is 19.4. The highest BCUT2D eigenvalue weighted by Crippen LogP contribution is 2.21. The standard InChI is InChI=1S/C34H68N2O4/c1-5-7-9-11-13-15-17-21-26-32(27-22-18-19-23-29-34(38)39)36(33(37)28-25-30-35(3)4)40-31-24-20-16-14-12-10-8-6-2/h32H,5-31H2,1-4H3,(H,38,39). The summed E-state index contributed by atoms with van der Waals surface area (Å²) >= 11 is 0. The Morgan fingerprint density at radius 3 is 1.52 bits per heavy atom. The number of nitrogens with zero attached hydrogens (tertiary/aromatic N) is 2. The number of carboxylic acids is 1. The van der Waals surface area contributed by atoms with E-state index in [1.54, 1.807) is 5.06 Å². The van der Waals surface area contributed by atoms with Crippen LogP contribution < -0.4 is 0 Å². The number of carboxylic acid groups (broad SMARTS) is 1. The summed E-state index contributed by atoms with van der Waals surface area (Å²) in [5.41, 5.74) is 0. The number of aliphatic carboxylic acids is 1. The summed E-state index contributed by atoms with van der Waals surface area (Å²) in [5.74, 6) is -0.576. The van der Waals surface area contributed by atoms with E-state index in [0.717, 1.165) is 64.3 Å². The third-order valence-electron chi connectivity index (χ3n) is 7.87. The Balaban J connectivity index is 4.91. The molecule has 0 bridgehead atoms. The van der Waals surface area contributed by atoms with Crippen molar-refractivity contribution in [3.05, 3.63) is 0 Å². The van der Waals surface area contributed by atoms with Crippen LogP contribution in [0, 0.1) is 0 Å². The molecule has 1 unspecified atom stereocenters. The Bertz CT molecular complexity index is 570. The van der Waals surface area contributed by atoms with Crippen LogP contribution in [0.15, 0.2) is 0 Å². The fraction of sp³-hybridized carbons (Fsp3) is 0.941. The van der Waals surface area contributed by atoms with Crippen LogP contribution in [0.3, 0.4) is 0 Å². The molecule has 0 aromatic carbocycles. The minimum absolute atomic E-state index is 0.125. The molecule has 1 N–H and O–H groups in total. The van der Waals surface area contributed by atoms with Crippen LogP contribution in [-0.4, -0.2) is 60.2 Å². The lowest BCUT2D eigenvalue weighted by Crippen LogP contribution is -2.41. The van der Waals surface area contributed by atoms with E-state index in [1.807, 2.05) is 0 Å². The van der Waals surface area contributed by atoms with Crippen LogP contribution in [0.2, 0.25) is 0 Å². The zero-order valence-electron chi connectivity index (χ0n) is 27.2. The molecule has 0 aliphatic heterocycles. The van der Waals surface area contributed by atoms with Gasteiger partial charge in [-0.3, -0.25) is 14.4 Å². The quantitative estimate of drug-likeness (QED) is 0.0666. The summed E-state index contributed by atoms with van der Waals surface area (Å²) < 4.78 is 0. The van der Waals surface area contributed by atoms with E-state index in [9.17, 15) is 9.59 Å². The fourth-order valence-corrected chi connectivity index (χ4v) is 5.34. The van der Waals surface area contributed by atoms with Gasteiger partial charge >= 0.3 is 5.97 Å². The Kier molecular flexibility index (Phi) is 28.5. The molecule has 0 radical (unpaired) electrons. The van der Waals surface area contributed by atoms with Crippen molar-refractivity contribution in [2.45, 2.75) is 180 Å². The smallest absolute Gasteiger partial charge is 0.303 e. The molecule has 1 amide bonds. The number of unbranched alkanes of at least 4 members (excludes halogenated alkanes) is 17. The first-order valence-electron chi connectivity index (χ1n) is 17.2. The van der Waals surface area contributed by atoms with Gasteiger partial charge in [-0.05, 0) is 52.7 Å². The molecule has 1 atom stereocenters. The molecule has 0 aromatic heterocycles. The van der Waals surface area contributed by atoms with Gasteiger partial charge in [0.1, 0.15) is 0 Å². The van der Waals surface area contributed by atoms with Crippen LogP contribution in [0.1, 0.15) is 174 Å². The van der Waals surface area contributed by atoms with Crippen LogP contribution in [0.4, 0.5) is 0 Å². The third kappa shape index (κ3) is 25.8. The van der Waals surface area contributed by atoms with E-state index in [2.05, 4.69) is 32.8 Å². The lowest BCUT2D eigenvalue weighted by atomic mass is 9.99. The lowest BCUT2D eigenvalue weighted by Gasteiger charge is -2.31. The molecule has 0 fully saturated rings. The van der Waals surface area contributed by atoms with Gasteiger partial charge in [0.15, 0.2) is 0 Å². The van der Waals surface area contributed by atoms with Crippen LogP contribution in [0.25, 0.3) is 0 Å². The van der Waals surface area contributed by atoms with Gasteiger partial charge < -0.3 is 10.0 Å². The summed E-state index contributed by atoms with van der Waals surface area (Å²) in [4.78, 5) is 32.7. The molecule has 0 spiro atoms. The Hall–Kier alpha value is -1.14. The zero-order chi connectivity index (χ0) is 29.7. The monoisotopic (exact) mass is 569 g/mol. The number of carbonyl (C=O) groups is 2. The molecule has 0 aromatic rings. The van der Waals surface area contributed by atoms with E-state index in [0.29, 0.717) is 13.0 Å². The molecule has 0 aliphatic rings. The average molecular weight is 569 g/mol. The molecule has 0 saturated heterocycles. The highest BCUT2D eigenvalue weighted by molar-refractivity contribution is 5.75. The number of rotatable bonds is 31. The van der Waals surface area contributed by atoms with Crippen LogP contribution in [-0.2, 0) is 14.4 Å². The van der Waals surface area contributed by atoms with Crippen LogP contribution in [0.5, 0.6) is 0 Å². The predicted molar refractivity (Wildman–Crippen MR) is 170 cm³/mol. The molecule has 238 valence electrons. The average Bonchev–Trinajstić information content (AvgIpc) is 2.91. The molecule has 6 heteroatoms.